The molecular weight excluding hydrogens is 296 g/mol. The summed E-state index contributed by atoms with van der Waals surface area (Å²) in [5, 5.41) is 4.16. The van der Waals surface area contributed by atoms with Crippen LogP contribution in [0.15, 0.2) is 34.3 Å². The zero-order valence-corrected chi connectivity index (χ0v) is 14.5. The van der Waals surface area contributed by atoms with Crippen LogP contribution < -0.4 is 4.83 Å². The molecule has 1 N–H and O–H groups in total. The van der Waals surface area contributed by atoms with E-state index in [1.807, 2.05) is 12.1 Å². The molecular formula is C17H26N2O2S. The molecule has 22 heavy (non-hydrogen) atoms. The molecule has 0 aromatic heterocycles. The highest BCUT2D eigenvalue weighted by Crippen LogP contribution is 2.22. The lowest BCUT2D eigenvalue weighted by atomic mass is 9.89. The second kappa shape index (κ2) is 7.27. The molecule has 122 valence electrons. The first kappa shape index (κ1) is 17.0. The smallest absolute Gasteiger partial charge is 0.200 e. The molecule has 1 aromatic rings. The highest BCUT2D eigenvalue weighted by molar-refractivity contribution is 7.89. The summed E-state index contributed by atoms with van der Waals surface area (Å²) in [5.41, 5.74) is 2.12. The molecule has 0 saturated heterocycles. The van der Waals surface area contributed by atoms with E-state index >= 15 is 0 Å². The zero-order valence-electron chi connectivity index (χ0n) is 13.7. The molecule has 2 atom stereocenters. The summed E-state index contributed by atoms with van der Waals surface area (Å²) in [6.45, 7) is 6.36. The average molecular weight is 322 g/mol. The Balaban J connectivity index is 2.11. The van der Waals surface area contributed by atoms with Crippen molar-refractivity contribution in [2.24, 2.45) is 11.0 Å². The first-order chi connectivity index (χ1) is 10.4. The van der Waals surface area contributed by atoms with Gasteiger partial charge in [-0.05, 0) is 55.2 Å². The molecule has 0 radical (unpaired) electrons. The van der Waals surface area contributed by atoms with Crippen molar-refractivity contribution in [1.29, 1.82) is 0 Å². The van der Waals surface area contributed by atoms with E-state index in [0.29, 0.717) is 11.8 Å². The van der Waals surface area contributed by atoms with E-state index in [1.54, 1.807) is 12.1 Å². The first-order valence-electron chi connectivity index (χ1n) is 8.12. The van der Waals surface area contributed by atoms with Gasteiger partial charge >= 0.3 is 0 Å². The van der Waals surface area contributed by atoms with Crippen LogP contribution in [0.4, 0.5) is 0 Å². The molecule has 4 nitrogen and oxygen atoms in total. The number of nitrogens with one attached hydrogen (secondary N) is 1. The van der Waals surface area contributed by atoms with Gasteiger partial charge in [-0.1, -0.05) is 39.3 Å². The van der Waals surface area contributed by atoms with E-state index in [0.717, 1.165) is 37.0 Å². The molecule has 0 aliphatic heterocycles. The van der Waals surface area contributed by atoms with Gasteiger partial charge in [0.2, 0.25) is 0 Å². The third-order valence-corrected chi connectivity index (χ3v) is 5.79. The standard InChI is InChI=1S/C17H26N2O2S/c1-4-13(2)15-9-11-16(12-10-15)22(20,21)19-18-17-8-6-5-7-14(17)3/h9-14,19H,4-8H2,1-3H3/b18-17+/t13-,14+/m1/s1. The van der Waals surface area contributed by atoms with Crippen molar-refractivity contribution in [2.45, 2.75) is 63.7 Å². The second-order valence-corrected chi connectivity index (χ2v) is 7.88. The number of nitrogens with zero attached hydrogens (tertiary/aromatic N) is 1. The van der Waals surface area contributed by atoms with Crippen LogP contribution in [0.5, 0.6) is 0 Å². The predicted octanol–water partition coefficient (Wildman–Crippen LogP) is 4.04. The summed E-state index contributed by atoms with van der Waals surface area (Å²) >= 11 is 0. The maximum Gasteiger partial charge on any atom is 0.276 e. The number of rotatable bonds is 5. The average Bonchev–Trinajstić information content (AvgIpc) is 2.53. The molecule has 0 amide bonds. The van der Waals surface area contributed by atoms with Crippen LogP contribution >= 0.6 is 0 Å². The quantitative estimate of drug-likeness (QED) is 0.832. The van der Waals surface area contributed by atoms with E-state index in [2.05, 4.69) is 30.7 Å². The minimum atomic E-state index is -3.57. The Morgan fingerprint density at radius 2 is 1.95 bits per heavy atom. The van der Waals surface area contributed by atoms with Crippen LogP contribution in [-0.2, 0) is 10.0 Å². The Labute approximate surface area is 134 Å². The molecule has 0 spiro atoms. The van der Waals surface area contributed by atoms with Crippen LogP contribution in [0, 0.1) is 5.92 Å². The van der Waals surface area contributed by atoms with E-state index in [9.17, 15) is 8.42 Å². The van der Waals surface area contributed by atoms with Gasteiger partial charge in [-0.25, -0.2) is 4.83 Å². The fourth-order valence-corrected chi connectivity index (χ4v) is 3.56. The van der Waals surface area contributed by atoms with Crippen molar-refractivity contribution >= 4 is 15.7 Å². The van der Waals surface area contributed by atoms with Gasteiger partial charge in [-0.15, -0.1) is 0 Å². The van der Waals surface area contributed by atoms with Crippen LogP contribution in [0.2, 0.25) is 0 Å². The van der Waals surface area contributed by atoms with Gasteiger partial charge in [0.15, 0.2) is 0 Å². The van der Waals surface area contributed by atoms with Gasteiger partial charge in [0.1, 0.15) is 0 Å². The van der Waals surface area contributed by atoms with E-state index in [4.69, 9.17) is 0 Å². The Morgan fingerprint density at radius 1 is 1.27 bits per heavy atom. The molecule has 0 unspecified atom stereocenters. The van der Waals surface area contributed by atoms with Crippen molar-refractivity contribution in [2.75, 3.05) is 0 Å². The lowest BCUT2D eigenvalue weighted by molar-refractivity contribution is 0.552. The molecule has 2 rings (SSSR count). The Hall–Kier alpha value is -1.36. The lowest BCUT2D eigenvalue weighted by Crippen LogP contribution is -2.24. The highest BCUT2D eigenvalue weighted by atomic mass is 32.2. The number of hydrazone groups is 1. The summed E-state index contributed by atoms with van der Waals surface area (Å²) in [5.74, 6) is 0.803. The summed E-state index contributed by atoms with van der Waals surface area (Å²) in [6.07, 6.45) is 5.30. The third kappa shape index (κ3) is 4.09. The van der Waals surface area contributed by atoms with Crippen molar-refractivity contribution in [3.63, 3.8) is 0 Å². The zero-order chi connectivity index (χ0) is 16.2. The third-order valence-electron chi connectivity index (χ3n) is 4.57. The largest absolute Gasteiger partial charge is 0.276 e. The molecule has 1 saturated carbocycles. The maximum absolute atomic E-state index is 12.3. The predicted molar refractivity (Wildman–Crippen MR) is 90.5 cm³/mol. The fraction of sp³-hybridized carbons (Fsp3) is 0.588. The van der Waals surface area contributed by atoms with Gasteiger partial charge in [0.05, 0.1) is 4.90 Å². The van der Waals surface area contributed by atoms with Crippen LogP contribution in [0.25, 0.3) is 0 Å². The number of hydrogen-bond donors (Lipinski definition) is 1. The summed E-state index contributed by atoms with van der Waals surface area (Å²) in [4.78, 5) is 2.67. The maximum atomic E-state index is 12.3. The van der Waals surface area contributed by atoms with Crippen molar-refractivity contribution < 1.29 is 8.42 Å². The summed E-state index contributed by atoms with van der Waals surface area (Å²) in [6, 6.07) is 7.10. The highest BCUT2D eigenvalue weighted by Gasteiger charge is 2.18. The Morgan fingerprint density at radius 3 is 2.55 bits per heavy atom. The molecule has 1 aromatic carbocycles. The van der Waals surface area contributed by atoms with Crippen molar-refractivity contribution in [3.05, 3.63) is 29.8 Å². The molecule has 0 heterocycles. The molecule has 0 bridgehead atoms. The van der Waals surface area contributed by atoms with E-state index < -0.39 is 10.0 Å². The van der Waals surface area contributed by atoms with E-state index in [-0.39, 0.29) is 4.90 Å². The summed E-state index contributed by atoms with van der Waals surface area (Å²) < 4.78 is 24.6. The summed E-state index contributed by atoms with van der Waals surface area (Å²) in [7, 11) is -3.57. The second-order valence-electron chi connectivity index (χ2n) is 6.22. The van der Waals surface area contributed by atoms with E-state index in [1.165, 1.54) is 6.42 Å². The van der Waals surface area contributed by atoms with Gasteiger partial charge in [-0.2, -0.15) is 13.5 Å². The minimum absolute atomic E-state index is 0.271. The molecule has 1 aliphatic rings. The number of benzene rings is 1. The lowest BCUT2D eigenvalue weighted by Gasteiger charge is -2.20. The molecule has 1 fully saturated rings. The normalized spacial score (nSPS) is 22.5. The monoisotopic (exact) mass is 322 g/mol. The van der Waals surface area contributed by atoms with Gasteiger partial charge in [0.25, 0.3) is 10.0 Å². The van der Waals surface area contributed by atoms with Gasteiger partial charge in [0, 0.05) is 5.71 Å². The number of hydrogen-bond acceptors (Lipinski definition) is 3. The van der Waals surface area contributed by atoms with Crippen LogP contribution in [0.3, 0.4) is 0 Å². The Bertz CT molecular complexity index is 621. The Kier molecular flexibility index (Phi) is 5.62. The van der Waals surface area contributed by atoms with Crippen LogP contribution in [-0.4, -0.2) is 14.1 Å². The topological polar surface area (TPSA) is 58.5 Å². The van der Waals surface area contributed by atoms with Crippen molar-refractivity contribution in [3.8, 4) is 0 Å². The van der Waals surface area contributed by atoms with Gasteiger partial charge in [-0.3, -0.25) is 0 Å². The fourth-order valence-electron chi connectivity index (χ4n) is 2.72. The van der Waals surface area contributed by atoms with Gasteiger partial charge < -0.3 is 0 Å². The van der Waals surface area contributed by atoms with Crippen LogP contribution in [0.1, 0.15) is 64.4 Å². The molecule has 1 aliphatic carbocycles. The molecule has 5 heteroatoms. The minimum Gasteiger partial charge on any atom is -0.200 e. The SMILES string of the molecule is CC[C@@H](C)c1ccc(S(=O)(=O)N/N=C2\CCCC[C@@H]2C)cc1. The number of sulfonamides is 1. The van der Waals surface area contributed by atoms with Crippen molar-refractivity contribution in [1.82, 2.24) is 4.83 Å². The first-order valence-corrected chi connectivity index (χ1v) is 9.60.